The standard InChI is InChI=1S/C67H41NO/c1-2-15-51-49(13-1)50-14-3-4-16-52(50)59-40-47(34-37-53(51)59)68(46-32-29-43(30-33-46)42-25-27-44(28-26-42)45-31-36-58-57-20-8-12-24-65(57)69-66(58)39-45)48-35-38-64-60(41-48)56-19-7-11-23-63(56)67(64)61-21-9-5-17-54(61)55-18-6-10-22-62(55)67/h1-41H. The van der Waals surface area contributed by atoms with E-state index in [1.807, 2.05) is 12.1 Å². The van der Waals surface area contributed by atoms with Gasteiger partial charge in [0.05, 0.1) is 5.41 Å². The third-order valence-corrected chi connectivity index (χ3v) is 15.3. The van der Waals surface area contributed by atoms with Crippen LogP contribution in [0, 0.1) is 0 Å². The van der Waals surface area contributed by atoms with E-state index in [0.29, 0.717) is 0 Å². The molecule has 0 saturated carbocycles. The fourth-order valence-corrected chi connectivity index (χ4v) is 12.3. The lowest BCUT2D eigenvalue weighted by atomic mass is 9.70. The summed E-state index contributed by atoms with van der Waals surface area (Å²) in [7, 11) is 0. The Hall–Kier alpha value is -8.98. The van der Waals surface area contributed by atoms with Crippen molar-refractivity contribution in [1.82, 2.24) is 0 Å². The van der Waals surface area contributed by atoms with Crippen LogP contribution in [-0.2, 0) is 5.41 Å². The van der Waals surface area contributed by atoms with Gasteiger partial charge in [-0.2, -0.15) is 0 Å². The molecule has 320 valence electrons. The van der Waals surface area contributed by atoms with E-state index in [0.717, 1.165) is 55.7 Å². The zero-order chi connectivity index (χ0) is 45.2. The second kappa shape index (κ2) is 14.5. The number of benzene rings is 12. The molecule has 0 radical (unpaired) electrons. The van der Waals surface area contributed by atoms with Gasteiger partial charge in [-0.1, -0.05) is 194 Å². The molecular formula is C67H41NO. The van der Waals surface area contributed by atoms with E-state index in [1.165, 1.54) is 82.4 Å². The Morgan fingerprint density at radius 1 is 0.246 bits per heavy atom. The molecule has 2 heteroatoms. The van der Waals surface area contributed by atoms with Gasteiger partial charge in [0.25, 0.3) is 0 Å². The minimum Gasteiger partial charge on any atom is -0.456 e. The first-order valence-corrected chi connectivity index (χ1v) is 23.9. The van der Waals surface area contributed by atoms with Crippen molar-refractivity contribution in [3.05, 3.63) is 271 Å². The zero-order valence-electron chi connectivity index (χ0n) is 37.5. The fraction of sp³-hybridized carbons (Fsp3) is 0.0149. The average molecular weight is 876 g/mol. The highest BCUT2D eigenvalue weighted by molar-refractivity contribution is 6.26. The highest BCUT2D eigenvalue weighted by atomic mass is 16.3. The molecule has 13 aromatic rings. The summed E-state index contributed by atoms with van der Waals surface area (Å²) in [5, 5.41) is 9.87. The quantitative estimate of drug-likeness (QED) is 0.160. The largest absolute Gasteiger partial charge is 0.456 e. The molecule has 12 aromatic carbocycles. The lowest BCUT2D eigenvalue weighted by molar-refractivity contribution is 0.669. The van der Waals surface area contributed by atoms with Crippen LogP contribution in [0.4, 0.5) is 17.1 Å². The van der Waals surface area contributed by atoms with Crippen LogP contribution in [-0.4, -0.2) is 0 Å². The van der Waals surface area contributed by atoms with E-state index < -0.39 is 5.41 Å². The van der Waals surface area contributed by atoms with Gasteiger partial charge in [0.2, 0.25) is 0 Å². The monoisotopic (exact) mass is 875 g/mol. The predicted octanol–water partition coefficient (Wildman–Crippen LogP) is 18.2. The topological polar surface area (TPSA) is 16.4 Å². The Morgan fingerprint density at radius 3 is 1.26 bits per heavy atom. The summed E-state index contributed by atoms with van der Waals surface area (Å²) in [6.45, 7) is 0. The molecule has 0 saturated heterocycles. The van der Waals surface area contributed by atoms with Crippen LogP contribution in [0.5, 0.6) is 0 Å². The molecule has 15 rings (SSSR count). The van der Waals surface area contributed by atoms with Crippen LogP contribution in [0.25, 0.3) is 98.8 Å². The summed E-state index contributed by atoms with van der Waals surface area (Å²) in [6, 6.07) is 91.9. The normalized spacial score (nSPS) is 13.0. The Balaban J connectivity index is 0.879. The molecule has 0 amide bonds. The third-order valence-electron chi connectivity index (χ3n) is 15.3. The summed E-state index contributed by atoms with van der Waals surface area (Å²) < 4.78 is 6.24. The maximum atomic E-state index is 6.24. The maximum absolute atomic E-state index is 6.24. The van der Waals surface area contributed by atoms with Crippen LogP contribution < -0.4 is 4.90 Å². The van der Waals surface area contributed by atoms with E-state index >= 15 is 0 Å². The molecule has 0 N–H and O–H groups in total. The van der Waals surface area contributed by atoms with Gasteiger partial charge in [0, 0.05) is 27.8 Å². The van der Waals surface area contributed by atoms with E-state index in [4.69, 9.17) is 4.42 Å². The number of hydrogen-bond donors (Lipinski definition) is 0. The third kappa shape index (κ3) is 5.43. The van der Waals surface area contributed by atoms with Crippen molar-refractivity contribution in [2.75, 3.05) is 4.90 Å². The second-order valence-electron chi connectivity index (χ2n) is 18.7. The van der Waals surface area contributed by atoms with Gasteiger partial charge in [0.1, 0.15) is 11.2 Å². The van der Waals surface area contributed by atoms with Crippen molar-refractivity contribution in [2.45, 2.75) is 5.41 Å². The van der Waals surface area contributed by atoms with Gasteiger partial charge in [0.15, 0.2) is 0 Å². The first kappa shape index (κ1) is 38.2. The van der Waals surface area contributed by atoms with Gasteiger partial charge < -0.3 is 9.32 Å². The Kier molecular flexibility index (Phi) is 8.02. The second-order valence-corrected chi connectivity index (χ2v) is 18.7. The van der Waals surface area contributed by atoms with Crippen molar-refractivity contribution in [2.24, 2.45) is 0 Å². The van der Waals surface area contributed by atoms with Gasteiger partial charge in [-0.3, -0.25) is 0 Å². The fourth-order valence-electron chi connectivity index (χ4n) is 12.3. The SMILES string of the molecule is c1ccc2c(c1)-c1ccccc1C21c2ccccc2-c2cc(N(c3ccc(-c4ccc(-c5ccc6c(c5)oc5ccccc56)cc4)cc3)c3ccc4c5ccccc5c5ccccc5c4c3)ccc21. The molecule has 0 atom stereocenters. The van der Waals surface area contributed by atoms with Crippen LogP contribution in [0.15, 0.2) is 253 Å². The van der Waals surface area contributed by atoms with Crippen LogP contribution >= 0.6 is 0 Å². The lowest BCUT2D eigenvalue weighted by Crippen LogP contribution is -2.25. The molecule has 2 nitrogen and oxygen atoms in total. The number of para-hydroxylation sites is 1. The molecule has 2 aliphatic carbocycles. The first-order valence-electron chi connectivity index (χ1n) is 23.9. The van der Waals surface area contributed by atoms with Gasteiger partial charge in [-0.05, 0) is 154 Å². The molecule has 0 fully saturated rings. The molecule has 0 bridgehead atoms. The maximum Gasteiger partial charge on any atom is 0.136 e. The van der Waals surface area contributed by atoms with Gasteiger partial charge in [-0.15, -0.1) is 0 Å². The van der Waals surface area contributed by atoms with E-state index in [1.54, 1.807) is 0 Å². The summed E-state index contributed by atoms with van der Waals surface area (Å²) in [6.07, 6.45) is 0. The van der Waals surface area contributed by atoms with E-state index in [-0.39, 0.29) is 0 Å². The molecular weight excluding hydrogens is 835 g/mol. The van der Waals surface area contributed by atoms with E-state index in [2.05, 4.69) is 241 Å². The molecule has 1 spiro atoms. The number of rotatable bonds is 5. The molecule has 0 aliphatic heterocycles. The number of anilines is 3. The van der Waals surface area contributed by atoms with Crippen molar-refractivity contribution in [1.29, 1.82) is 0 Å². The smallest absolute Gasteiger partial charge is 0.136 e. The van der Waals surface area contributed by atoms with Crippen molar-refractivity contribution in [3.8, 4) is 44.5 Å². The first-order chi connectivity index (χ1) is 34.2. The van der Waals surface area contributed by atoms with Crippen molar-refractivity contribution >= 4 is 71.3 Å². The summed E-state index contributed by atoms with van der Waals surface area (Å²) in [5.41, 5.74) is 19.9. The number of furan rings is 1. The zero-order valence-corrected chi connectivity index (χ0v) is 37.5. The molecule has 2 aliphatic rings. The number of hydrogen-bond acceptors (Lipinski definition) is 2. The van der Waals surface area contributed by atoms with Crippen molar-refractivity contribution in [3.63, 3.8) is 0 Å². The van der Waals surface area contributed by atoms with E-state index in [9.17, 15) is 0 Å². The Morgan fingerprint density at radius 2 is 0.638 bits per heavy atom. The minimum absolute atomic E-state index is 0.400. The summed E-state index contributed by atoms with van der Waals surface area (Å²) in [5.74, 6) is 0. The predicted molar refractivity (Wildman–Crippen MR) is 288 cm³/mol. The lowest BCUT2D eigenvalue weighted by Gasteiger charge is -2.31. The molecule has 1 aromatic heterocycles. The van der Waals surface area contributed by atoms with Gasteiger partial charge >= 0.3 is 0 Å². The molecule has 1 heterocycles. The summed E-state index contributed by atoms with van der Waals surface area (Å²) in [4.78, 5) is 2.45. The van der Waals surface area contributed by atoms with Crippen molar-refractivity contribution < 1.29 is 4.42 Å². The average Bonchev–Trinajstić information content (AvgIpc) is 4.05. The molecule has 0 unspecified atom stereocenters. The Labute approximate surface area is 399 Å². The number of nitrogens with zero attached hydrogens (tertiary/aromatic N) is 1. The summed E-state index contributed by atoms with van der Waals surface area (Å²) >= 11 is 0. The highest BCUT2D eigenvalue weighted by Crippen LogP contribution is 2.63. The number of fused-ring (bicyclic) bond motifs is 19. The van der Waals surface area contributed by atoms with Gasteiger partial charge in [-0.25, -0.2) is 0 Å². The van der Waals surface area contributed by atoms with Crippen LogP contribution in [0.3, 0.4) is 0 Å². The van der Waals surface area contributed by atoms with Crippen LogP contribution in [0.2, 0.25) is 0 Å². The Bertz CT molecular complexity index is 4170. The highest BCUT2D eigenvalue weighted by Gasteiger charge is 2.51. The minimum atomic E-state index is -0.400. The van der Waals surface area contributed by atoms with Crippen LogP contribution in [0.1, 0.15) is 22.3 Å². The molecule has 69 heavy (non-hydrogen) atoms.